The molecule has 31 heavy (non-hydrogen) atoms. The smallest absolute Gasteiger partial charge is 0.273 e. The van der Waals surface area contributed by atoms with Crippen LogP contribution in [0.4, 0.5) is 5.13 Å². The first-order chi connectivity index (χ1) is 15.1. The summed E-state index contributed by atoms with van der Waals surface area (Å²) in [6, 6.07) is 22.9. The molecule has 0 N–H and O–H groups in total. The molecule has 0 fully saturated rings. The van der Waals surface area contributed by atoms with E-state index >= 15 is 0 Å². The quantitative estimate of drug-likeness (QED) is 0.184. The minimum absolute atomic E-state index is 0.289. The van der Waals surface area contributed by atoms with Gasteiger partial charge >= 0.3 is 0 Å². The number of rotatable bonds is 6. The SMILES string of the molecule is COc1ccc2nc(N(/N=C/c3ccc(Br)cc3)C(=O)/C=C/c3ccccc3)sc2c1. The number of carbonyl (C=O) groups excluding carboxylic acids is 1. The molecule has 5 nitrogen and oxygen atoms in total. The van der Waals surface area contributed by atoms with Crippen LogP contribution in [-0.4, -0.2) is 24.2 Å². The van der Waals surface area contributed by atoms with E-state index in [0.29, 0.717) is 5.13 Å². The molecule has 0 aliphatic carbocycles. The number of thiazole rings is 1. The van der Waals surface area contributed by atoms with Crippen molar-refractivity contribution in [2.45, 2.75) is 0 Å². The van der Waals surface area contributed by atoms with Crippen LogP contribution in [0.15, 0.2) is 88.4 Å². The average Bonchev–Trinajstić information content (AvgIpc) is 3.22. The summed E-state index contributed by atoms with van der Waals surface area (Å²) in [6.07, 6.45) is 4.91. The summed E-state index contributed by atoms with van der Waals surface area (Å²) < 4.78 is 7.19. The molecule has 0 saturated carbocycles. The third-order valence-corrected chi connectivity index (χ3v) is 5.91. The molecular formula is C24H18BrN3O2S. The molecule has 1 heterocycles. The van der Waals surface area contributed by atoms with E-state index in [-0.39, 0.29) is 5.91 Å². The van der Waals surface area contributed by atoms with E-state index < -0.39 is 0 Å². The summed E-state index contributed by atoms with van der Waals surface area (Å²) in [4.78, 5) is 17.7. The van der Waals surface area contributed by atoms with Gasteiger partial charge in [-0.25, -0.2) is 4.98 Å². The minimum Gasteiger partial charge on any atom is -0.497 e. The standard InChI is InChI=1S/C24H18BrN3O2S/c1-30-20-12-13-21-22(15-20)31-24(27-21)28(26-16-18-7-10-19(25)11-8-18)23(29)14-9-17-5-3-2-4-6-17/h2-16H,1H3/b14-9+,26-16+. The fraction of sp³-hybridized carbons (Fsp3) is 0.0417. The van der Waals surface area contributed by atoms with Crippen molar-refractivity contribution in [3.05, 3.63) is 94.5 Å². The van der Waals surface area contributed by atoms with Gasteiger partial charge in [-0.2, -0.15) is 10.1 Å². The van der Waals surface area contributed by atoms with Gasteiger partial charge in [0.15, 0.2) is 0 Å². The molecule has 0 saturated heterocycles. The number of fused-ring (bicyclic) bond motifs is 1. The van der Waals surface area contributed by atoms with Crippen LogP contribution < -0.4 is 9.75 Å². The number of hydrogen-bond acceptors (Lipinski definition) is 5. The predicted molar refractivity (Wildman–Crippen MR) is 131 cm³/mol. The summed E-state index contributed by atoms with van der Waals surface area (Å²) in [5, 5.41) is 6.26. The van der Waals surface area contributed by atoms with Crippen molar-refractivity contribution in [1.29, 1.82) is 0 Å². The van der Waals surface area contributed by atoms with Crippen LogP contribution in [0, 0.1) is 0 Å². The Bertz CT molecular complexity index is 1250. The van der Waals surface area contributed by atoms with Crippen molar-refractivity contribution >= 4 is 60.8 Å². The number of hydrazone groups is 1. The molecule has 0 unspecified atom stereocenters. The second-order valence-corrected chi connectivity index (χ2v) is 8.45. The molecule has 154 valence electrons. The lowest BCUT2D eigenvalue weighted by Gasteiger charge is -2.11. The maximum atomic E-state index is 13.1. The van der Waals surface area contributed by atoms with E-state index in [9.17, 15) is 4.79 Å². The Hall–Kier alpha value is -3.29. The van der Waals surface area contributed by atoms with Gasteiger partial charge in [-0.1, -0.05) is 69.7 Å². The molecule has 4 aromatic rings. The lowest BCUT2D eigenvalue weighted by atomic mass is 10.2. The van der Waals surface area contributed by atoms with Crippen LogP contribution in [0.25, 0.3) is 16.3 Å². The molecule has 1 aromatic heterocycles. The van der Waals surface area contributed by atoms with Gasteiger partial charge in [0, 0.05) is 10.5 Å². The first kappa shape index (κ1) is 21.0. The third kappa shape index (κ3) is 5.25. The Balaban J connectivity index is 1.68. The summed E-state index contributed by atoms with van der Waals surface area (Å²) in [6.45, 7) is 0. The number of aromatic nitrogens is 1. The zero-order valence-electron chi connectivity index (χ0n) is 16.6. The Labute approximate surface area is 192 Å². The van der Waals surface area contributed by atoms with Gasteiger partial charge in [-0.05, 0) is 47.5 Å². The highest BCUT2D eigenvalue weighted by atomic mass is 79.9. The van der Waals surface area contributed by atoms with E-state index in [1.165, 1.54) is 22.4 Å². The molecule has 0 radical (unpaired) electrons. The van der Waals surface area contributed by atoms with Gasteiger partial charge in [0.05, 0.1) is 23.5 Å². The second kappa shape index (κ2) is 9.68. The van der Waals surface area contributed by atoms with Crippen molar-refractivity contribution in [3.8, 4) is 5.75 Å². The fourth-order valence-corrected chi connectivity index (χ4v) is 4.01. The van der Waals surface area contributed by atoms with E-state index in [2.05, 4.69) is 26.0 Å². The lowest BCUT2D eigenvalue weighted by Crippen LogP contribution is -2.23. The first-order valence-electron chi connectivity index (χ1n) is 9.44. The molecular weight excluding hydrogens is 474 g/mol. The number of nitrogens with zero attached hydrogens (tertiary/aromatic N) is 3. The van der Waals surface area contributed by atoms with Crippen LogP contribution >= 0.6 is 27.3 Å². The summed E-state index contributed by atoms with van der Waals surface area (Å²) >= 11 is 4.80. The van der Waals surface area contributed by atoms with E-state index in [4.69, 9.17) is 4.74 Å². The topological polar surface area (TPSA) is 54.8 Å². The number of methoxy groups -OCH3 is 1. The number of ether oxygens (including phenoxy) is 1. The lowest BCUT2D eigenvalue weighted by molar-refractivity contribution is -0.114. The molecule has 0 aliphatic heterocycles. The van der Waals surface area contributed by atoms with Crippen LogP contribution in [0.2, 0.25) is 0 Å². The zero-order valence-corrected chi connectivity index (χ0v) is 19.0. The van der Waals surface area contributed by atoms with Gasteiger partial charge < -0.3 is 4.74 Å². The summed E-state index contributed by atoms with van der Waals surface area (Å²) in [7, 11) is 1.62. The minimum atomic E-state index is -0.289. The Kier molecular flexibility index (Phi) is 6.54. The van der Waals surface area contributed by atoms with Gasteiger partial charge in [0.2, 0.25) is 5.13 Å². The molecule has 4 rings (SSSR count). The number of amides is 1. The highest BCUT2D eigenvalue weighted by molar-refractivity contribution is 9.10. The van der Waals surface area contributed by atoms with Crippen molar-refractivity contribution in [2.24, 2.45) is 5.10 Å². The molecule has 0 spiro atoms. The highest BCUT2D eigenvalue weighted by Crippen LogP contribution is 2.32. The van der Waals surface area contributed by atoms with Crippen molar-refractivity contribution in [3.63, 3.8) is 0 Å². The molecule has 3 aromatic carbocycles. The fourth-order valence-electron chi connectivity index (χ4n) is 2.79. The maximum Gasteiger partial charge on any atom is 0.273 e. The first-order valence-corrected chi connectivity index (χ1v) is 11.0. The second-order valence-electron chi connectivity index (χ2n) is 6.52. The van der Waals surface area contributed by atoms with E-state index in [0.717, 1.165) is 31.6 Å². The van der Waals surface area contributed by atoms with Gasteiger partial charge in [0.1, 0.15) is 5.75 Å². The molecule has 0 aliphatic rings. The normalized spacial score (nSPS) is 11.4. The van der Waals surface area contributed by atoms with Crippen molar-refractivity contribution in [1.82, 2.24) is 4.98 Å². The molecule has 0 bridgehead atoms. The van der Waals surface area contributed by atoms with Gasteiger partial charge in [0.25, 0.3) is 5.91 Å². The maximum absolute atomic E-state index is 13.1. The van der Waals surface area contributed by atoms with Crippen LogP contribution in [-0.2, 0) is 4.79 Å². The summed E-state index contributed by atoms with van der Waals surface area (Å²) in [5.41, 5.74) is 2.59. The number of anilines is 1. The molecule has 1 amide bonds. The van der Waals surface area contributed by atoms with Crippen LogP contribution in [0.3, 0.4) is 0 Å². The van der Waals surface area contributed by atoms with Crippen molar-refractivity contribution in [2.75, 3.05) is 12.1 Å². The average molecular weight is 492 g/mol. The predicted octanol–water partition coefficient (Wildman–Crippen LogP) is 6.15. The Morgan fingerprint density at radius 1 is 1.06 bits per heavy atom. The molecule has 7 heteroatoms. The van der Waals surface area contributed by atoms with Crippen LogP contribution in [0.1, 0.15) is 11.1 Å². The van der Waals surface area contributed by atoms with Crippen LogP contribution in [0.5, 0.6) is 5.75 Å². The number of hydrogen-bond donors (Lipinski definition) is 0. The largest absolute Gasteiger partial charge is 0.497 e. The number of carbonyl (C=O) groups is 1. The van der Waals surface area contributed by atoms with Crippen molar-refractivity contribution < 1.29 is 9.53 Å². The highest BCUT2D eigenvalue weighted by Gasteiger charge is 2.17. The number of benzene rings is 3. The monoisotopic (exact) mass is 491 g/mol. The van der Waals surface area contributed by atoms with E-state index in [1.807, 2.05) is 72.8 Å². The Morgan fingerprint density at radius 2 is 1.84 bits per heavy atom. The van der Waals surface area contributed by atoms with Gasteiger partial charge in [-0.15, -0.1) is 0 Å². The Morgan fingerprint density at radius 3 is 2.58 bits per heavy atom. The summed E-state index contributed by atoms with van der Waals surface area (Å²) in [5.74, 6) is 0.450. The molecule has 0 atom stereocenters. The van der Waals surface area contributed by atoms with E-state index in [1.54, 1.807) is 19.4 Å². The zero-order chi connectivity index (χ0) is 21.6. The van der Waals surface area contributed by atoms with Gasteiger partial charge in [-0.3, -0.25) is 4.79 Å². The third-order valence-electron chi connectivity index (χ3n) is 4.38. The number of halogens is 1.